The van der Waals surface area contributed by atoms with Crippen molar-refractivity contribution < 1.29 is 19.5 Å². The molecule has 0 spiro atoms. The van der Waals surface area contributed by atoms with Gasteiger partial charge in [0.2, 0.25) is 0 Å². The van der Waals surface area contributed by atoms with Crippen molar-refractivity contribution >= 4 is 23.4 Å². The summed E-state index contributed by atoms with van der Waals surface area (Å²) in [4.78, 5) is 46.2. The lowest BCUT2D eigenvalue weighted by molar-refractivity contribution is -0.141. The molecule has 1 aliphatic rings. The van der Waals surface area contributed by atoms with Crippen LogP contribution in [-0.2, 0) is 27.2 Å². The first-order chi connectivity index (χ1) is 17.8. The Labute approximate surface area is 219 Å². The minimum absolute atomic E-state index is 0.144. The fourth-order valence-electron chi connectivity index (χ4n) is 4.52. The number of aliphatic hydroxyl groups is 1. The number of rotatable bonds is 11. The van der Waals surface area contributed by atoms with E-state index in [1.165, 1.54) is 0 Å². The zero-order valence-corrected chi connectivity index (χ0v) is 22.0. The summed E-state index contributed by atoms with van der Waals surface area (Å²) in [5, 5.41) is 13.6. The number of carbonyl (C=O) groups is 3. The summed E-state index contributed by atoms with van der Waals surface area (Å²) in [7, 11) is 1.67. The maximum absolute atomic E-state index is 13.4. The highest BCUT2D eigenvalue weighted by molar-refractivity contribution is 6.39. The van der Waals surface area contributed by atoms with E-state index in [1.54, 1.807) is 30.7 Å². The number of aliphatic hydroxyl groups excluding tert-OH is 1. The van der Waals surface area contributed by atoms with Gasteiger partial charge < -0.3 is 20.2 Å². The number of likely N-dealkylation sites (tertiary alicyclic amines) is 1. The molecule has 0 radical (unpaired) electrons. The lowest BCUT2D eigenvalue weighted by Gasteiger charge is -2.32. The van der Waals surface area contributed by atoms with Gasteiger partial charge in [0, 0.05) is 32.1 Å². The summed E-state index contributed by atoms with van der Waals surface area (Å²) in [5.74, 6) is -1.03. The van der Waals surface area contributed by atoms with E-state index in [0.29, 0.717) is 26.1 Å². The number of nitrogens with zero attached hydrogens (tertiary/aromatic N) is 3. The first kappa shape index (κ1) is 28.2. The van der Waals surface area contributed by atoms with E-state index in [1.807, 2.05) is 60.7 Å². The average Bonchev–Trinajstić information content (AvgIpc) is 3.38. The highest BCUT2D eigenvalue weighted by Crippen LogP contribution is 2.20. The zero-order valence-electron chi connectivity index (χ0n) is 22.0. The molecule has 8 heteroatoms. The van der Waals surface area contributed by atoms with Gasteiger partial charge in [0.25, 0.3) is 17.7 Å². The minimum atomic E-state index is -1.17. The molecule has 1 heterocycles. The second-order valence-electron chi connectivity index (χ2n) is 9.57. The third-order valence-corrected chi connectivity index (χ3v) is 6.84. The van der Waals surface area contributed by atoms with Gasteiger partial charge in [-0.3, -0.25) is 14.4 Å². The van der Waals surface area contributed by atoms with Crippen LogP contribution in [0.25, 0.3) is 0 Å². The minimum Gasteiger partial charge on any atom is -0.383 e. The molecular formula is C29H38N4O4. The fraction of sp³-hybridized carbons (Fsp3) is 0.448. The van der Waals surface area contributed by atoms with Crippen molar-refractivity contribution in [1.82, 2.24) is 15.1 Å². The molecule has 0 bridgehead atoms. The molecule has 2 aromatic carbocycles. The number of likely N-dealkylation sites (N-methyl/N-ethyl adjacent to an activating group) is 1. The predicted molar refractivity (Wildman–Crippen MR) is 144 cm³/mol. The maximum Gasteiger partial charge on any atom is 0.268 e. The summed E-state index contributed by atoms with van der Waals surface area (Å²) in [6.07, 6.45) is 1.24. The van der Waals surface area contributed by atoms with Gasteiger partial charge in [-0.15, -0.1) is 0 Å². The molecule has 3 rings (SSSR count). The van der Waals surface area contributed by atoms with Crippen LogP contribution in [0.4, 0.5) is 0 Å². The van der Waals surface area contributed by atoms with Gasteiger partial charge in [-0.05, 0) is 51.3 Å². The number of amides is 3. The molecule has 0 saturated carbocycles. The summed E-state index contributed by atoms with van der Waals surface area (Å²) in [6.45, 7) is 4.54. The molecule has 3 amide bonds. The Hall–Kier alpha value is -3.36. The number of hydrogen-bond acceptors (Lipinski definition) is 5. The Morgan fingerprint density at radius 1 is 1.08 bits per heavy atom. The monoisotopic (exact) mass is 506 g/mol. The molecule has 0 unspecified atom stereocenters. The lowest BCUT2D eigenvalue weighted by atomic mass is 10.1. The third-order valence-electron chi connectivity index (χ3n) is 6.84. The van der Waals surface area contributed by atoms with Gasteiger partial charge in [0.1, 0.15) is 11.8 Å². The highest BCUT2D eigenvalue weighted by atomic mass is 16.3. The Kier molecular flexibility index (Phi) is 10.5. The molecule has 3 atom stereocenters. The number of nitrogens with one attached hydrogen (secondary N) is 1. The van der Waals surface area contributed by atoms with Gasteiger partial charge in [-0.1, -0.05) is 60.7 Å². The summed E-state index contributed by atoms with van der Waals surface area (Å²) in [6, 6.07) is 18.6. The topological polar surface area (TPSA) is 102 Å². The van der Waals surface area contributed by atoms with Crippen LogP contribution >= 0.6 is 0 Å². The first-order valence-electron chi connectivity index (χ1n) is 12.9. The SMILES string of the molecule is CN[C@@H](C)C(=O)N=C(C)C(=O)N1CCC[C@H]1CN(CCc1ccccc1)C(=O)[C@H](O)Cc1ccccc1. The zero-order chi connectivity index (χ0) is 26.8. The molecule has 1 aliphatic heterocycles. The van der Waals surface area contributed by atoms with E-state index in [-0.39, 0.29) is 30.0 Å². The Bertz CT molecular complexity index is 1070. The van der Waals surface area contributed by atoms with Crippen molar-refractivity contribution in [2.75, 3.05) is 26.7 Å². The van der Waals surface area contributed by atoms with Crippen molar-refractivity contribution in [2.45, 2.75) is 57.7 Å². The third kappa shape index (κ3) is 8.06. The molecule has 0 aliphatic carbocycles. The van der Waals surface area contributed by atoms with Crippen LogP contribution in [0.15, 0.2) is 65.7 Å². The van der Waals surface area contributed by atoms with Crippen LogP contribution in [0.5, 0.6) is 0 Å². The molecule has 37 heavy (non-hydrogen) atoms. The molecule has 8 nitrogen and oxygen atoms in total. The van der Waals surface area contributed by atoms with Crippen LogP contribution < -0.4 is 5.32 Å². The Morgan fingerprint density at radius 3 is 2.32 bits per heavy atom. The van der Waals surface area contributed by atoms with Crippen LogP contribution in [0.2, 0.25) is 0 Å². The molecule has 1 saturated heterocycles. The van der Waals surface area contributed by atoms with Crippen LogP contribution in [0.1, 0.15) is 37.8 Å². The summed E-state index contributed by atoms with van der Waals surface area (Å²) in [5.41, 5.74) is 2.12. The maximum atomic E-state index is 13.4. The van der Waals surface area contributed by atoms with Crippen molar-refractivity contribution in [1.29, 1.82) is 0 Å². The Balaban J connectivity index is 1.74. The largest absolute Gasteiger partial charge is 0.383 e. The molecular weight excluding hydrogens is 468 g/mol. The van der Waals surface area contributed by atoms with E-state index >= 15 is 0 Å². The predicted octanol–water partition coefficient (Wildman–Crippen LogP) is 2.25. The lowest BCUT2D eigenvalue weighted by Crippen LogP contribution is -2.50. The molecule has 0 aromatic heterocycles. The second kappa shape index (κ2) is 13.8. The smallest absolute Gasteiger partial charge is 0.268 e. The number of carbonyl (C=O) groups excluding carboxylic acids is 3. The van der Waals surface area contributed by atoms with E-state index < -0.39 is 18.1 Å². The van der Waals surface area contributed by atoms with E-state index in [4.69, 9.17) is 0 Å². The fourth-order valence-corrected chi connectivity index (χ4v) is 4.52. The van der Waals surface area contributed by atoms with Crippen molar-refractivity contribution in [3.8, 4) is 0 Å². The highest BCUT2D eigenvalue weighted by Gasteiger charge is 2.34. The van der Waals surface area contributed by atoms with Crippen LogP contribution in [0.3, 0.4) is 0 Å². The van der Waals surface area contributed by atoms with Crippen LogP contribution in [-0.4, -0.2) is 83.2 Å². The summed E-state index contributed by atoms with van der Waals surface area (Å²) < 4.78 is 0. The van der Waals surface area contributed by atoms with Gasteiger partial charge in [-0.2, -0.15) is 0 Å². The van der Waals surface area contributed by atoms with E-state index in [9.17, 15) is 19.5 Å². The van der Waals surface area contributed by atoms with Crippen LogP contribution in [0, 0.1) is 0 Å². The van der Waals surface area contributed by atoms with Gasteiger partial charge in [0.15, 0.2) is 0 Å². The number of aliphatic imine (C=N–C) groups is 1. The normalized spacial score (nSPS) is 17.4. The van der Waals surface area contributed by atoms with Crippen molar-refractivity contribution in [3.05, 3.63) is 71.8 Å². The number of benzene rings is 2. The standard InChI is InChI=1S/C29H38N4O4/c1-21(30-3)27(35)31-22(2)28(36)33-17-10-15-25(33)20-32(18-16-23-11-6-4-7-12-23)29(37)26(34)19-24-13-8-5-9-14-24/h4-9,11-14,21,25-26,30,34H,10,15-20H2,1-3H3/t21-,25-,26+/m0/s1. The average molecular weight is 507 g/mol. The second-order valence-corrected chi connectivity index (χ2v) is 9.57. The summed E-state index contributed by atoms with van der Waals surface area (Å²) >= 11 is 0. The quantitative estimate of drug-likeness (QED) is 0.455. The molecule has 2 N–H and O–H groups in total. The van der Waals surface area contributed by atoms with Gasteiger partial charge in [0.05, 0.1) is 6.04 Å². The van der Waals surface area contributed by atoms with Crippen molar-refractivity contribution in [3.63, 3.8) is 0 Å². The first-order valence-corrected chi connectivity index (χ1v) is 12.9. The molecule has 198 valence electrons. The van der Waals surface area contributed by atoms with E-state index in [0.717, 1.165) is 24.0 Å². The van der Waals surface area contributed by atoms with Gasteiger partial charge >= 0.3 is 0 Å². The van der Waals surface area contributed by atoms with Gasteiger partial charge in [-0.25, -0.2) is 4.99 Å². The Morgan fingerprint density at radius 2 is 1.70 bits per heavy atom. The van der Waals surface area contributed by atoms with E-state index in [2.05, 4.69) is 10.3 Å². The number of hydrogen-bond donors (Lipinski definition) is 2. The van der Waals surface area contributed by atoms with Crippen molar-refractivity contribution in [2.24, 2.45) is 4.99 Å². The molecule has 2 aromatic rings. The molecule has 1 fully saturated rings.